The predicted octanol–water partition coefficient (Wildman–Crippen LogP) is 8.34. The van der Waals surface area contributed by atoms with Gasteiger partial charge in [0, 0.05) is 22.3 Å². The molecule has 2 N–H and O–H groups in total. The molecular formula is C42H32N6. The summed E-state index contributed by atoms with van der Waals surface area (Å²) in [6, 6.07) is 57.8. The van der Waals surface area contributed by atoms with E-state index in [4.69, 9.17) is 20.0 Å². The second-order valence-corrected chi connectivity index (χ2v) is 11.6. The van der Waals surface area contributed by atoms with Crippen LogP contribution in [0.25, 0.3) is 11.1 Å². The molecule has 6 nitrogen and oxygen atoms in total. The normalized spacial score (nSPS) is 17.2. The molecule has 0 amide bonds. The second kappa shape index (κ2) is 13.1. The Morgan fingerprint density at radius 1 is 0.333 bits per heavy atom. The van der Waals surface area contributed by atoms with Gasteiger partial charge in [-0.1, -0.05) is 164 Å². The summed E-state index contributed by atoms with van der Waals surface area (Å²) < 4.78 is 0. The van der Waals surface area contributed by atoms with E-state index in [0.29, 0.717) is 11.7 Å². The van der Waals surface area contributed by atoms with E-state index >= 15 is 0 Å². The molecule has 0 saturated carbocycles. The Balaban J connectivity index is 1.09. The molecule has 2 aliphatic heterocycles. The molecule has 8 rings (SSSR count). The van der Waals surface area contributed by atoms with Gasteiger partial charge in [0.05, 0.1) is 0 Å². The van der Waals surface area contributed by atoms with Gasteiger partial charge in [0.2, 0.25) is 0 Å². The molecule has 0 spiro atoms. The van der Waals surface area contributed by atoms with Crippen molar-refractivity contribution in [1.82, 2.24) is 10.6 Å². The Morgan fingerprint density at radius 2 is 0.750 bits per heavy atom. The monoisotopic (exact) mass is 620 g/mol. The maximum absolute atomic E-state index is 5.02. The van der Waals surface area contributed by atoms with Crippen molar-refractivity contribution in [3.8, 4) is 11.1 Å². The van der Waals surface area contributed by atoms with Crippen LogP contribution in [0.15, 0.2) is 190 Å². The summed E-state index contributed by atoms with van der Waals surface area (Å²) in [5.74, 6) is 3.02. The van der Waals surface area contributed by atoms with Crippen molar-refractivity contribution in [3.63, 3.8) is 0 Å². The second-order valence-electron chi connectivity index (χ2n) is 11.6. The molecule has 0 radical (unpaired) electrons. The highest BCUT2D eigenvalue weighted by atomic mass is 15.2. The molecule has 2 heterocycles. The SMILES string of the molecule is c1ccc(C2=NC(c3ccc(-c4cccc(C5=NC(c6ccccc6)=NC(c6ccccc6)N5)c4)cc3)NC(c3ccccc3)=N2)cc1. The molecule has 6 aromatic rings. The van der Waals surface area contributed by atoms with Crippen molar-refractivity contribution in [3.05, 3.63) is 203 Å². The van der Waals surface area contributed by atoms with Gasteiger partial charge in [0.1, 0.15) is 24.0 Å². The highest BCUT2D eigenvalue weighted by Gasteiger charge is 2.23. The van der Waals surface area contributed by atoms with Crippen LogP contribution in [0, 0.1) is 0 Å². The summed E-state index contributed by atoms with van der Waals surface area (Å²) in [5, 5.41) is 7.14. The minimum absolute atomic E-state index is 0.245. The molecule has 6 aromatic carbocycles. The fourth-order valence-electron chi connectivity index (χ4n) is 5.90. The summed E-state index contributed by atoms with van der Waals surface area (Å²) in [7, 11) is 0. The number of hydrogen-bond donors (Lipinski definition) is 2. The van der Waals surface area contributed by atoms with Crippen molar-refractivity contribution in [2.24, 2.45) is 20.0 Å². The van der Waals surface area contributed by atoms with Gasteiger partial charge in [0.25, 0.3) is 0 Å². The van der Waals surface area contributed by atoms with Crippen LogP contribution in [0.2, 0.25) is 0 Å². The molecule has 0 saturated heterocycles. The summed E-state index contributed by atoms with van der Waals surface area (Å²) in [6.07, 6.45) is -0.523. The first-order chi connectivity index (χ1) is 23.8. The third-order valence-corrected chi connectivity index (χ3v) is 8.41. The van der Waals surface area contributed by atoms with Crippen LogP contribution < -0.4 is 10.6 Å². The zero-order valence-electron chi connectivity index (χ0n) is 26.1. The van der Waals surface area contributed by atoms with Crippen LogP contribution >= 0.6 is 0 Å². The van der Waals surface area contributed by atoms with Crippen molar-refractivity contribution >= 4 is 23.3 Å². The number of aliphatic imine (C=N–C) groups is 4. The van der Waals surface area contributed by atoms with E-state index in [-0.39, 0.29) is 12.3 Å². The average molecular weight is 621 g/mol. The summed E-state index contributed by atoms with van der Waals surface area (Å²) in [4.78, 5) is 19.9. The van der Waals surface area contributed by atoms with Crippen molar-refractivity contribution < 1.29 is 0 Å². The standard InChI is InChI=1S/C42H32N6/c1-5-14-30(15-6-1)37-43-38(31-16-7-2-8-17-31)46-41(45-37)34-26-24-29(25-27-34)35-22-13-23-36(28-35)42-47-39(32-18-9-3-10-19-32)44-40(48-42)33-20-11-4-12-21-33/h1-28,39,41H,(H,43,45,46)(H,44,47,48). The lowest BCUT2D eigenvalue weighted by Gasteiger charge is -2.24. The Labute approximate surface area is 280 Å². The van der Waals surface area contributed by atoms with Gasteiger partial charge >= 0.3 is 0 Å². The number of amidine groups is 4. The van der Waals surface area contributed by atoms with Crippen molar-refractivity contribution in [2.75, 3.05) is 0 Å². The first-order valence-corrected chi connectivity index (χ1v) is 16.0. The van der Waals surface area contributed by atoms with Gasteiger partial charge in [-0.15, -0.1) is 0 Å². The Hall–Kier alpha value is -6.40. The Morgan fingerprint density at radius 3 is 1.29 bits per heavy atom. The van der Waals surface area contributed by atoms with Crippen LogP contribution in [0.4, 0.5) is 0 Å². The molecule has 0 bridgehead atoms. The third kappa shape index (κ3) is 6.19. The molecule has 0 aliphatic carbocycles. The lowest BCUT2D eigenvalue weighted by molar-refractivity contribution is 0.674. The molecule has 6 heteroatoms. The number of nitrogens with zero attached hydrogens (tertiary/aromatic N) is 4. The van der Waals surface area contributed by atoms with Gasteiger partial charge in [-0.2, -0.15) is 0 Å². The highest BCUT2D eigenvalue weighted by molar-refractivity contribution is 6.14. The quantitative estimate of drug-likeness (QED) is 0.188. The number of benzene rings is 6. The Kier molecular flexibility index (Phi) is 7.95. The van der Waals surface area contributed by atoms with Crippen LogP contribution in [0.5, 0.6) is 0 Å². The first-order valence-electron chi connectivity index (χ1n) is 16.0. The zero-order valence-corrected chi connectivity index (χ0v) is 26.1. The maximum atomic E-state index is 5.02. The molecule has 2 unspecified atom stereocenters. The summed E-state index contributed by atoms with van der Waals surface area (Å²) >= 11 is 0. The largest absolute Gasteiger partial charge is 0.344 e. The predicted molar refractivity (Wildman–Crippen MR) is 196 cm³/mol. The van der Waals surface area contributed by atoms with Gasteiger partial charge in [-0.25, -0.2) is 20.0 Å². The zero-order chi connectivity index (χ0) is 32.1. The third-order valence-electron chi connectivity index (χ3n) is 8.41. The lowest BCUT2D eigenvalue weighted by atomic mass is 10.00. The van der Waals surface area contributed by atoms with Crippen LogP contribution in [-0.4, -0.2) is 23.3 Å². The Bertz CT molecular complexity index is 2150. The first kappa shape index (κ1) is 29.0. The molecule has 230 valence electrons. The van der Waals surface area contributed by atoms with E-state index in [1.807, 2.05) is 97.1 Å². The molecule has 48 heavy (non-hydrogen) atoms. The van der Waals surface area contributed by atoms with Gasteiger partial charge in [-0.3, -0.25) is 0 Å². The highest BCUT2D eigenvalue weighted by Crippen LogP contribution is 2.28. The number of hydrogen-bond acceptors (Lipinski definition) is 6. The number of nitrogens with one attached hydrogen (secondary N) is 2. The molecule has 0 aromatic heterocycles. The van der Waals surface area contributed by atoms with E-state index in [2.05, 4.69) is 83.4 Å². The number of rotatable bonds is 7. The van der Waals surface area contributed by atoms with E-state index in [0.717, 1.165) is 56.2 Å². The average Bonchev–Trinajstić information content (AvgIpc) is 3.19. The molecule has 2 atom stereocenters. The molecule has 2 aliphatic rings. The molecule has 0 fully saturated rings. The van der Waals surface area contributed by atoms with Crippen molar-refractivity contribution in [2.45, 2.75) is 12.3 Å². The van der Waals surface area contributed by atoms with E-state index in [9.17, 15) is 0 Å². The lowest BCUT2D eigenvalue weighted by Crippen LogP contribution is -2.33. The summed E-state index contributed by atoms with van der Waals surface area (Å²) in [6.45, 7) is 0. The maximum Gasteiger partial charge on any atom is 0.159 e. The van der Waals surface area contributed by atoms with Gasteiger partial charge in [-0.05, 0) is 28.3 Å². The smallest absolute Gasteiger partial charge is 0.159 e. The minimum atomic E-state index is -0.278. The van der Waals surface area contributed by atoms with E-state index < -0.39 is 0 Å². The van der Waals surface area contributed by atoms with Crippen molar-refractivity contribution in [1.29, 1.82) is 0 Å². The summed E-state index contributed by atoms with van der Waals surface area (Å²) in [5.41, 5.74) is 8.33. The van der Waals surface area contributed by atoms with Gasteiger partial charge in [0.15, 0.2) is 11.7 Å². The van der Waals surface area contributed by atoms with Crippen LogP contribution in [-0.2, 0) is 0 Å². The fraction of sp³-hybridized carbons (Fsp3) is 0.0476. The topological polar surface area (TPSA) is 73.5 Å². The van der Waals surface area contributed by atoms with Crippen LogP contribution in [0.3, 0.4) is 0 Å². The van der Waals surface area contributed by atoms with E-state index in [1.54, 1.807) is 0 Å². The van der Waals surface area contributed by atoms with Gasteiger partial charge < -0.3 is 10.6 Å². The van der Waals surface area contributed by atoms with E-state index in [1.165, 1.54) is 0 Å². The molecular weight excluding hydrogens is 589 g/mol. The minimum Gasteiger partial charge on any atom is -0.344 e. The fourth-order valence-corrected chi connectivity index (χ4v) is 5.90. The van der Waals surface area contributed by atoms with Crippen LogP contribution in [0.1, 0.15) is 45.7 Å².